The summed E-state index contributed by atoms with van der Waals surface area (Å²) in [5.74, 6) is 0. The van der Waals surface area contributed by atoms with Gasteiger partial charge in [-0.25, -0.2) is 4.79 Å². The van der Waals surface area contributed by atoms with Crippen LogP contribution in [0.15, 0.2) is 0 Å². The summed E-state index contributed by atoms with van der Waals surface area (Å²) in [6.07, 6.45) is 0.637. The molecule has 0 radical (unpaired) electrons. The Morgan fingerprint density at radius 3 is 2.90 bits per heavy atom. The molecule has 0 unspecified atom stereocenters. The number of halogens is 1. The molecule has 10 heavy (non-hydrogen) atoms. The van der Waals surface area contributed by atoms with Crippen molar-refractivity contribution in [2.45, 2.75) is 13.3 Å². The van der Waals surface area contributed by atoms with Crippen LogP contribution in [0.2, 0.25) is 0 Å². The zero-order valence-corrected chi connectivity index (χ0v) is 8.18. The van der Waals surface area contributed by atoms with Gasteiger partial charge in [0.15, 0.2) is 0 Å². The van der Waals surface area contributed by atoms with Gasteiger partial charge in [-0.15, -0.1) is 0 Å². The molecule has 1 amide bonds. The van der Waals surface area contributed by atoms with E-state index in [1.807, 2.05) is 6.92 Å². The van der Waals surface area contributed by atoms with Crippen molar-refractivity contribution in [2.24, 2.45) is 0 Å². The molecular formula is C6H12INO2. The largest absolute Gasteiger partial charge is 0.449 e. The second-order valence-electron chi connectivity index (χ2n) is 1.75. The highest BCUT2D eigenvalue weighted by atomic mass is 127. The Kier molecular flexibility index (Phi) is 7.11. The van der Waals surface area contributed by atoms with Gasteiger partial charge in [-0.2, -0.15) is 0 Å². The number of carbonyl (C=O) groups excluding carboxylic acids is 1. The van der Waals surface area contributed by atoms with Gasteiger partial charge in [0.05, 0.1) is 0 Å². The predicted molar refractivity (Wildman–Crippen MR) is 48.5 cm³/mol. The Balaban J connectivity index is 3.09. The first-order valence-corrected chi connectivity index (χ1v) is 4.80. The van der Waals surface area contributed by atoms with Crippen LogP contribution in [-0.2, 0) is 4.74 Å². The number of hydrogen-bond donors (Lipinski definition) is 1. The van der Waals surface area contributed by atoms with E-state index in [-0.39, 0.29) is 6.09 Å². The molecule has 0 aliphatic heterocycles. The van der Waals surface area contributed by atoms with Crippen LogP contribution in [0.4, 0.5) is 4.79 Å². The molecule has 0 aromatic rings. The molecule has 0 atom stereocenters. The maximum Gasteiger partial charge on any atom is 0.407 e. The molecule has 0 spiro atoms. The van der Waals surface area contributed by atoms with Crippen LogP contribution in [-0.4, -0.2) is 23.7 Å². The van der Waals surface area contributed by atoms with Gasteiger partial charge < -0.3 is 10.1 Å². The molecule has 60 valence electrons. The van der Waals surface area contributed by atoms with E-state index in [1.54, 1.807) is 0 Å². The first kappa shape index (κ1) is 10.0. The minimum atomic E-state index is -0.307. The molecule has 0 aromatic heterocycles. The fourth-order valence-electron chi connectivity index (χ4n) is 0.409. The van der Waals surface area contributed by atoms with E-state index >= 15 is 0 Å². The standard InChI is InChI=1S/C6H12INO2/c1-2-4-8-6(9)10-5-3-7/h2-5H2,1H3,(H,8,9). The summed E-state index contributed by atoms with van der Waals surface area (Å²) >= 11 is 2.15. The van der Waals surface area contributed by atoms with Crippen LogP contribution in [0.5, 0.6) is 0 Å². The van der Waals surface area contributed by atoms with Crippen molar-refractivity contribution in [2.75, 3.05) is 17.6 Å². The molecule has 0 heterocycles. The van der Waals surface area contributed by atoms with Crippen LogP contribution >= 0.6 is 22.6 Å². The van der Waals surface area contributed by atoms with E-state index in [1.165, 1.54) is 0 Å². The predicted octanol–water partition coefficient (Wildman–Crippen LogP) is 1.56. The molecule has 0 bridgehead atoms. The van der Waals surface area contributed by atoms with Crippen molar-refractivity contribution in [3.63, 3.8) is 0 Å². The molecular weight excluding hydrogens is 245 g/mol. The third-order valence-electron chi connectivity index (χ3n) is 0.830. The Hall–Kier alpha value is 0. The molecule has 1 N–H and O–H groups in total. The van der Waals surface area contributed by atoms with Crippen LogP contribution in [0.1, 0.15) is 13.3 Å². The van der Waals surface area contributed by atoms with Crippen LogP contribution in [0.3, 0.4) is 0 Å². The molecule has 0 fully saturated rings. The van der Waals surface area contributed by atoms with Gasteiger partial charge >= 0.3 is 6.09 Å². The summed E-state index contributed by atoms with van der Waals surface area (Å²) in [5, 5.41) is 2.60. The molecule has 0 saturated heterocycles. The second-order valence-corrected chi connectivity index (χ2v) is 2.83. The summed E-state index contributed by atoms with van der Waals surface area (Å²) in [4.78, 5) is 10.6. The maximum atomic E-state index is 10.6. The highest BCUT2D eigenvalue weighted by Crippen LogP contribution is 1.83. The van der Waals surface area contributed by atoms with Crippen LogP contribution < -0.4 is 5.32 Å². The lowest BCUT2D eigenvalue weighted by Crippen LogP contribution is -2.25. The number of rotatable bonds is 4. The molecule has 0 aromatic carbocycles. The highest BCUT2D eigenvalue weighted by molar-refractivity contribution is 14.1. The SMILES string of the molecule is CCCNC(=O)OCCI. The molecule has 0 saturated carbocycles. The summed E-state index contributed by atoms with van der Waals surface area (Å²) in [5.41, 5.74) is 0. The zero-order chi connectivity index (χ0) is 7.82. The Bertz CT molecular complexity index is 87.7. The Labute approximate surface area is 74.7 Å². The van der Waals surface area contributed by atoms with E-state index < -0.39 is 0 Å². The average molecular weight is 257 g/mol. The van der Waals surface area contributed by atoms with E-state index in [2.05, 4.69) is 27.9 Å². The van der Waals surface area contributed by atoms with Crippen molar-refractivity contribution >= 4 is 28.7 Å². The average Bonchev–Trinajstić information content (AvgIpc) is 1.97. The number of amides is 1. The Morgan fingerprint density at radius 2 is 2.40 bits per heavy atom. The number of hydrogen-bond acceptors (Lipinski definition) is 2. The topological polar surface area (TPSA) is 38.3 Å². The van der Waals surface area contributed by atoms with Gasteiger partial charge in [0.2, 0.25) is 0 Å². The lowest BCUT2D eigenvalue weighted by molar-refractivity contribution is 0.154. The van der Waals surface area contributed by atoms with Gasteiger partial charge in [-0.3, -0.25) is 0 Å². The summed E-state index contributed by atoms with van der Waals surface area (Å²) in [6.45, 7) is 3.19. The first-order chi connectivity index (χ1) is 4.81. The number of carbonyl (C=O) groups is 1. The first-order valence-electron chi connectivity index (χ1n) is 3.27. The van der Waals surface area contributed by atoms with Crippen molar-refractivity contribution in [1.29, 1.82) is 0 Å². The summed E-state index contributed by atoms with van der Waals surface area (Å²) < 4.78 is 5.58. The number of ether oxygens (including phenoxy) is 1. The monoisotopic (exact) mass is 257 g/mol. The van der Waals surface area contributed by atoms with E-state index in [0.717, 1.165) is 10.8 Å². The number of alkyl halides is 1. The third-order valence-corrected chi connectivity index (χ3v) is 1.27. The quantitative estimate of drug-likeness (QED) is 0.613. The van der Waals surface area contributed by atoms with E-state index in [9.17, 15) is 4.79 Å². The van der Waals surface area contributed by atoms with E-state index in [0.29, 0.717) is 13.2 Å². The van der Waals surface area contributed by atoms with Gasteiger partial charge in [-0.05, 0) is 6.42 Å². The van der Waals surface area contributed by atoms with Gasteiger partial charge in [0.25, 0.3) is 0 Å². The lowest BCUT2D eigenvalue weighted by atomic mass is 10.5. The normalized spacial score (nSPS) is 9.00. The number of alkyl carbamates (subject to hydrolysis) is 1. The molecule has 0 aliphatic rings. The number of nitrogens with one attached hydrogen (secondary N) is 1. The van der Waals surface area contributed by atoms with Crippen molar-refractivity contribution in [1.82, 2.24) is 5.32 Å². The molecule has 0 rings (SSSR count). The van der Waals surface area contributed by atoms with Crippen LogP contribution in [0.25, 0.3) is 0 Å². The van der Waals surface area contributed by atoms with Gasteiger partial charge in [-0.1, -0.05) is 29.5 Å². The molecule has 0 aliphatic carbocycles. The van der Waals surface area contributed by atoms with Crippen LogP contribution in [0, 0.1) is 0 Å². The summed E-state index contributed by atoms with van der Waals surface area (Å²) in [6, 6.07) is 0. The van der Waals surface area contributed by atoms with Gasteiger partial charge in [0, 0.05) is 11.0 Å². The zero-order valence-electron chi connectivity index (χ0n) is 6.02. The minimum Gasteiger partial charge on any atom is -0.449 e. The van der Waals surface area contributed by atoms with Crippen molar-refractivity contribution < 1.29 is 9.53 Å². The lowest BCUT2D eigenvalue weighted by Gasteiger charge is -2.02. The third kappa shape index (κ3) is 6.12. The minimum absolute atomic E-state index is 0.307. The molecule has 3 nitrogen and oxygen atoms in total. The van der Waals surface area contributed by atoms with Crippen molar-refractivity contribution in [3.05, 3.63) is 0 Å². The highest BCUT2D eigenvalue weighted by Gasteiger charge is 1.96. The summed E-state index contributed by atoms with van der Waals surface area (Å²) in [7, 11) is 0. The fraction of sp³-hybridized carbons (Fsp3) is 0.833. The Morgan fingerprint density at radius 1 is 1.70 bits per heavy atom. The smallest absolute Gasteiger partial charge is 0.407 e. The fourth-order valence-corrected chi connectivity index (χ4v) is 0.630. The van der Waals surface area contributed by atoms with Crippen molar-refractivity contribution in [3.8, 4) is 0 Å². The second kappa shape index (κ2) is 7.11. The van der Waals surface area contributed by atoms with Gasteiger partial charge in [0.1, 0.15) is 6.61 Å². The maximum absolute atomic E-state index is 10.6. The van der Waals surface area contributed by atoms with E-state index in [4.69, 9.17) is 4.74 Å². The molecule has 4 heteroatoms.